The average Bonchev–Trinajstić information content (AvgIpc) is 1.88. The number of carbonyl (C=O) groups excluding carboxylic acids is 1. The summed E-state index contributed by atoms with van der Waals surface area (Å²) in [6, 6.07) is 0. The number of hydrogen-bond acceptors (Lipinski definition) is 2. The van der Waals surface area contributed by atoms with Crippen molar-refractivity contribution in [3.8, 4) is 0 Å². The van der Waals surface area contributed by atoms with E-state index in [4.69, 9.17) is 0 Å². The highest BCUT2D eigenvalue weighted by atomic mass is 16.3. The fourth-order valence-corrected chi connectivity index (χ4v) is 1.57. The largest absolute Gasteiger partial charge is 0.393 e. The maximum Gasteiger partial charge on any atom is 0.198 e. The van der Waals surface area contributed by atoms with Crippen molar-refractivity contribution in [3.05, 3.63) is 0 Å². The van der Waals surface area contributed by atoms with Crippen molar-refractivity contribution >= 4 is 6.29 Å². The molecule has 1 saturated carbocycles. The Balaban J connectivity index is 2.24. The lowest BCUT2D eigenvalue weighted by atomic mass is 9.86. The third kappa shape index (κ3) is 2.10. The van der Waals surface area contributed by atoms with Gasteiger partial charge < -0.3 is 5.11 Å². The van der Waals surface area contributed by atoms with Gasteiger partial charge in [0.15, 0.2) is 6.29 Å². The van der Waals surface area contributed by atoms with Gasteiger partial charge in [-0.05, 0) is 25.2 Å². The Kier molecular flexibility index (Phi) is 2.87. The minimum atomic E-state index is -0.160. The van der Waals surface area contributed by atoms with Gasteiger partial charge in [0.05, 0.1) is 6.10 Å². The molecule has 1 aliphatic carbocycles. The maximum absolute atomic E-state index is 9.97. The molecule has 2 heteroatoms. The van der Waals surface area contributed by atoms with Crippen LogP contribution in [0.4, 0.5) is 0 Å². The maximum atomic E-state index is 9.97. The standard InChI is InChI=1S/C8H13O2/c9-5-4-7-2-1-3-8(10)6-7/h7-8,10H,1-4,6H2. The molecule has 1 rings (SSSR count). The second-order valence-corrected chi connectivity index (χ2v) is 3.03. The van der Waals surface area contributed by atoms with E-state index in [2.05, 4.69) is 0 Å². The molecule has 1 aliphatic rings. The van der Waals surface area contributed by atoms with Crippen LogP contribution in [0.3, 0.4) is 0 Å². The molecule has 2 unspecified atom stereocenters. The third-order valence-corrected chi connectivity index (χ3v) is 2.13. The molecular formula is C8H13O2. The molecule has 1 radical (unpaired) electrons. The highest BCUT2D eigenvalue weighted by molar-refractivity contribution is 5.50. The Bertz CT molecular complexity index is 112. The van der Waals surface area contributed by atoms with Gasteiger partial charge in [0, 0.05) is 6.42 Å². The molecule has 1 N–H and O–H groups in total. The molecule has 2 atom stereocenters. The molecule has 0 aliphatic heterocycles. The molecule has 57 valence electrons. The second kappa shape index (κ2) is 3.71. The van der Waals surface area contributed by atoms with E-state index in [0.717, 1.165) is 25.7 Å². The summed E-state index contributed by atoms with van der Waals surface area (Å²) in [7, 11) is 0. The van der Waals surface area contributed by atoms with Gasteiger partial charge in [0.2, 0.25) is 0 Å². The van der Waals surface area contributed by atoms with Gasteiger partial charge in [-0.3, -0.25) is 4.79 Å². The fourth-order valence-electron chi connectivity index (χ4n) is 1.57. The molecular weight excluding hydrogens is 128 g/mol. The van der Waals surface area contributed by atoms with Crippen LogP contribution in [0.25, 0.3) is 0 Å². The van der Waals surface area contributed by atoms with Crippen molar-refractivity contribution in [1.29, 1.82) is 0 Å². The third-order valence-electron chi connectivity index (χ3n) is 2.13. The van der Waals surface area contributed by atoms with Gasteiger partial charge in [-0.1, -0.05) is 6.42 Å². The summed E-state index contributed by atoms with van der Waals surface area (Å²) in [5.74, 6) is 0.404. The van der Waals surface area contributed by atoms with Crippen molar-refractivity contribution in [1.82, 2.24) is 0 Å². The summed E-state index contributed by atoms with van der Waals surface area (Å²) in [6.07, 6.45) is 6.11. The minimum Gasteiger partial charge on any atom is -0.393 e. The lowest BCUT2D eigenvalue weighted by molar-refractivity contribution is 0.103. The molecule has 0 spiro atoms. The predicted molar refractivity (Wildman–Crippen MR) is 38.3 cm³/mol. The zero-order chi connectivity index (χ0) is 7.40. The van der Waals surface area contributed by atoms with Crippen molar-refractivity contribution in [2.75, 3.05) is 0 Å². The summed E-state index contributed by atoms with van der Waals surface area (Å²) in [5, 5.41) is 9.18. The smallest absolute Gasteiger partial charge is 0.198 e. The fraction of sp³-hybridized carbons (Fsp3) is 0.875. The number of rotatable bonds is 2. The highest BCUT2D eigenvalue weighted by Crippen LogP contribution is 2.25. The van der Waals surface area contributed by atoms with E-state index >= 15 is 0 Å². The molecule has 0 bridgehead atoms. The summed E-state index contributed by atoms with van der Waals surface area (Å²) < 4.78 is 0. The van der Waals surface area contributed by atoms with Crippen LogP contribution in [-0.4, -0.2) is 17.5 Å². The predicted octanol–water partition coefficient (Wildman–Crippen LogP) is 1.04. The van der Waals surface area contributed by atoms with Crippen LogP contribution >= 0.6 is 0 Å². The molecule has 0 aromatic heterocycles. The normalized spacial score (nSPS) is 33.7. The zero-order valence-corrected chi connectivity index (χ0v) is 6.05. The molecule has 1 fully saturated rings. The van der Waals surface area contributed by atoms with Crippen LogP contribution in [0.1, 0.15) is 32.1 Å². The minimum absolute atomic E-state index is 0.160. The van der Waals surface area contributed by atoms with Crippen molar-refractivity contribution in [2.24, 2.45) is 5.92 Å². The molecule has 0 aromatic rings. The monoisotopic (exact) mass is 141 g/mol. The summed E-state index contributed by atoms with van der Waals surface area (Å²) in [6.45, 7) is 0. The van der Waals surface area contributed by atoms with E-state index in [1.54, 1.807) is 0 Å². The lowest BCUT2D eigenvalue weighted by Gasteiger charge is -2.23. The van der Waals surface area contributed by atoms with Crippen LogP contribution in [0.5, 0.6) is 0 Å². The zero-order valence-electron chi connectivity index (χ0n) is 6.05. The van der Waals surface area contributed by atoms with Gasteiger partial charge in [-0.15, -0.1) is 0 Å². The van der Waals surface area contributed by atoms with E-state index in [0.29, 0.717) is 12.3 Å². The van der Waals surface area contributed by atoms with Crippen LogP contribution in [-0.2, 0) is 4.79 Å². The molecule has 0 amide bonds. The first kappa shape index (κ1) is 7.73. The lowest BCUT2D eigenvalue weighted by Crippen LogP contribution is -2.19. The first-order valence-corrected chi connectivity index (χ1v) is 3.86. The van der Waals surface area contributed by atoms with Crippen molar-refractivity contribution in [2.45, 2.75) is 38.2 Å². The Labute approximate surface area is 61.2 Å². The van der Waals surface area contributed by atoms with E-state index in [1.165, 1.54) is 0 Å². The van der Waals surface area contributed by atoms with Crippen LogP contribution < -0.4 is 0 Å². The van der Waals surface area contributed by atoms with E-state index in [1.807, 2.05) is 6.29 Å². The Morgan fingerprint density at radius 2 is 2.30 bits per heavy atom. The van der Waals surface area contributed by atoms with Crippen LogP contribution in [0.15, 0.2) is 0 Å². The number of hydrogen-bond donors (Lipinski definition) is 1. The molecule has 0 saturated heterocycles. The highest BCUT2D eigenvalue weighted by Gasteiger charge is 2.19. The Hall–Kier alpha value is -0.370. The van der Waals surface area contributed by atoms with Crippen molar-refractivity contribution in [3.63, 3.8) is 0 Å². The van der Waals surface area contributed by atoms with Crippen LogP contribution in [0.2, 0.25) is 0 Å². The van der Waals surface area contributed by atoms with Crippen LogP contribution in [0, 0.1) is 5.92 Å². The second-order valence-electron chi connectivity index (χ2n) is 3.03. The first-order valence-electron chi connectivity index (χ1n) is 3.86. The average molecular weight is 141 g/mol. The van der Waals surface area contributed by atoms with Gasteiger partial charge in [-0.2, -0.15) is 0 Å². The van der Waals surface area contributed by atoms with Crippen molar-refractivity contribution < 1.29 is 9.90 Å². The quantitative estimate of drug-likeness (QED) is 0.623. The SMILES string of the molecule is O=[C]CC1CCCC(O)C1. The summed E-state index contributed by atoms with van der Waals surface area (Å²) >= 11 is 0. The molecule has 10 heavy (non-hydrogen) atoms. The topological polar surface area (TPSA) is 37.3 Å². The summed E-state index contributed by atoms with van der Waals surface area (Å²) in [4.78, 5) is 9.97. The Morgan fingerprint density at radius 1 is 1.50 bits per heavy atom. The Morgan fingerprint density at radius 3 is 2.90 bits per heavy atom. The summed E-state index contributed by atoms with van der Waals surface area (Å²) in [5.41, 5.74) is 0. The molecule has 2 nitrogen and oxygen atoms in total. The number of aliphatic hydroxyl groups is 1. The molecule has 0 heterocycles. The van der Waals surface area contributed by atoms with Gasteiger partial charge >= 0.3 is 0 Å². The first-order chi connectivity index (χ1) is 4.83. The number of aliphatic hydroxyl groups excluding tert-OH is 1. The van der Waals surface area contributed by atoms with E-state index in [-0.39, 0.29) is 6.10 Å². The van der Waals surface area contributed by atoms with E-state index in [9.17, 15) is 9.90 Å². The van der Waals surface area contributed by atoms with Gasteiger partial charge in [0.25, 0.3) is 0 Å². The van der Waals surface area contributed by atoms with Gasteiger partial charge in [0.1, 0.15) is 0 Å². The molecule has 0 aromatic carbocycles. The van der Waals surface area contributed by atoms with E-state index < -0.39 is 0 Å². The van der Waals surface area contributed by atoms with Gasteiger partial charge in [-0.25, -0.2) is 0 Å².